The second kappa shape index (κ2) is 11.8. The van der Waals surface area contributed by atoms with Gasteiger partial charge in [0.05, 0.1) is 18.9 Å². The monoisotopic (exact) mass is 597 g/mol. The fourth-order valence-electron chi connectivity index (χ4n) is 4.28. The number of aliphatic hydroxyl groups is 1. The summed E-state index contributed by atoms with van der Waals surface area (Å²) in [4.78, 5) is 37.8. The number of nitrogens with one attached hydrogen (secondary N) is 2. The summed E-state index contributed by atoms with van der Waals surface area (Å²) in [6.07, 6.45) is -5.38. The highest BCUT2D eigenvalue weighted by Crippen LogP contribution is 2.48. The van der Waals surface area contributed by atoms with Crippen LogP contribution in [0.4, 0.5) is 8.78 Å². The first-order valence-electron chi connectivity index (χ1n) is 12.7. The summed E-state index contributed by atoms with van der Waals surface area (Å²) in [6, 6.07) is 10.9. The van der Waals surface area contributed by atoms with Gasteiger partial charge in [0.15, 0.2) is 11.9 Å². The SMILES string of the molecule is CC(C)OC(=O)[C@@H](C)N[P@@](=O)(OC[C@H]1O[C@@H](n2cc(F)c(=O)[nH]c2=O)[C@](C)(F)[C@@H]1O)Oc1cccc2ccccc12. The Kier molecular flexibility index (Phi) is 8.81. The van der Waals surface area contributed by atoms with Crippen LogP contribution < -0.4 is 20.9 Å². The Morgan fingerprint density at radius 1 is 1.22 bits per heavy atom. The second-order valence-corrected chi connectivity index (χ2v) is 11.7. The van der Waals surface area contributed by atoms with Gasteiger partial charge in [0, 0.05) is 5.39 Å². The second-order valence-electron chi connectivity index (χ2n) is 9.96. The molecule has 6 atom stereocenters. The zero-order chi connectivity index (χ0) is 30.1. The van der Waals surface area contributed by atoms with Crippen LogP contribution in [0.3, 0.4) is 0 Å². The van der Waals surface area contributed by atoms with Gasteiger partial charge in [-0.15, -0.1) is 0 Å². The number of aromatic nitrogens is 2. The summed E-state index contributed by atoms with van der Waals surface area (Å²) in [7, 11) is -4.48. The molecule has 0 aliphatic carbocycles. The number of alkyl halides is 1. The van der Waals surface area contributed by atoms with Gasteiger partial charge in [0.25, 0.3) is 5.56 Å². The zero-order valence-corrected chi connectivity index (χ0v) is 23.5. The molecule has 3 N–H and O–H groups in total. The van der Waals surface area contributed by atoms with Crippen LogP contribution >= 0.6 is 7.75 Å². The van der Waals surface area contributed by atoms with Crippen molar-refractivity contribution in [1.82, 2.24) is 14.6 Å². The van der Waals surface area contributed by atoms with Crippen molar-refractivity contribution in [2.45, 2.75) is 63.9 Å². The summed E-state index contributed by atoms with van der Waals surface area (Å²) in [5.74, 6) is -1.99. The molecule has 4 rings (SSSR count). The lowest BCUT2D eigenvalue weighted by Gasteiger charge is -2.26. The molecule has 1 fully saturated rings. The predicted molar refractivity (Wildman–Crippen MR) is 143 cm³/mol. The van der Waals surface area contributed by atoms with Crippen LogP contribution in [0.15, 0.2) is 58.3 Å². The molecular weight excluding hydrogens is 567 g/mol. The Balaban J connectivity index is 1.61. The Bertz CT molecular complexity index is 1590. The van der Waals surface area contributed by atoms with Crippen molar-refractivity contribution in [3.8, 4) is 5.75 Å². The summed E-state index contributed by atoms with van der Waals surface area (Å²) in [6.45, 7) is 4.80. The van der Waals surface area contributed by atoms with Crippen molar-refractivity contribution in [2.75, 3.05) is 6.61 Å². The van der Waals surface area contributed by atoms with Crippen LogP contribution in [-0.2, 0) is 23.4 Å². The molecule has 0 spiro atoms. The van der Waals surface area contributed by atoms with Crippen molar-refractivity contribution >= 4 is 24.5 Å². The first-order valence-corrected chi connectivity index (χ1v) is 14.2. The smallest absolute Gasteiger partial charge is 0.459 e. The van der Waals surface area contributed by atoms with Crippen LogP contribution in [0.5, 0.6) is 5.75 Å². The van der Waals surface area contributed by atoms with E-state index in [9.17, 15) is 28.4 Å². The number of H-pyrrole nitrogens is 1. The largest absolute Gasteiger partial charge is 0.462 e. The first-order chi connectivity index (χ1) is 19.2. The highest BCUT2D eigenvalue weighted by Gasteiger charge is 2.56. The van der Waals surface area contributed by atoms with Crippen LogP contribution in [0.2, 0.25) is 0 Å². The van der Waals surface area contributed by atoms with Gasteiger partial charge < -0.3 is 19.1 Å². The van der Waals surface area contributed by atoms with Crippen LogP contribution in [0.25, 0.3) is 10.8 Å². The third kappa shape index (κ3) is 6.57. The van der Waals surface area contributed by atoms with E-state index in [1.165, 1.54) is 13.0 Å². The Hall–Kier alpha value is -3.42. The molecule has 1 aliphatic rings. The Labute approximate surface area is 232 Å². The van der Waals surface area contributed by atoms with Gasteiger partial charge in [0.1, 0.15) is 24.0 Å². The first kappa shape index (κ1) is 30.5. The van der Waals surface area contributed by atoms with Gasteiger partial charge in [-0.25, -0.2) is 13.8 Å². The van der Waals surface area contributed by atoms with Gasteiger partial charge in [0.2, 0.25) is 5.82 Å². The fourth-order valence-corrected chi connectivity index (χ4v) is 5.80. The highest BCUT2D eigenvalue weighted by molar-refractivity contribution is 7.52. The third-order valence-corrected chi connectivity index (χ3v) is 7.96. The maximum Gasteiger partial charge on any atom is 0.459 e. The summed E-state index contributed by atoms with van der Waals surface area (Å²) >= 11 is 0. The van der Waals surface area contributed by atoms with Crippen LogP contribution in [0, 0.1) is 5.82 Å². The number of fused-ring (bicyclic) bond motifs is 1. The van der Waals surface area contributed by atoms with Gasteiger partial charge >= 0.3 is 19.4 Å². The number of ether oxygens (including phenoxy) is 2. The lowest BCUT2D eigenvalue weighted by Crippen LogP contribution is -2.44. The zero-order valence-electron chi connectivity index (χ0n) is 22.6. The third-order valence-electron chi connectivity index (χ3n) is 6.33. The van der Waals surface area contributed by atoms with Gasteiger partial charge in [-0.2, -0.15) is 9.48 Å². The van der Waals surface area contributed by atoms with Crippen molar-refractivity contribution in [3.63, 3.8) is 0 Å². The van der Waals surface area contributed by atoms with E-state index >= 15 is 4.39 Å². The van der Waals surface area contributed by atoms with E-state index in [2.05, 4.69) is 5.09 Å². The molecule has 1 aromatic heterocycles. The molecule has 0 radical (unpaired) electrons. The highest BCUT2D eigenvalue weighted by atomic mass is 31.2. The van der Waals surface area contributed by atoms with Gasteiger partial charge in [-0.05, 0) is 39.1 Å². The lowest BCUT2D eigenvalue weighted by molar-refractivity contribution is -0.149. The number of halogens is 2. The van der Waals surface area contributed by atoms with E-state index in [-0.39, 0.29) is 5.75 Å². The van der Waals surface area contributed by atoms with Gasteiger partial charge in [-0.3, -0.25) is 23.7 Å². The molecule has 3 aromatic rings. The topological polar surface area (TPSA) is 158 Å². The summed E-state index contributed by atoms with van der Waals surface area (Å²) < 4.78 is 65.9. The number of hydrogen-bond acceptors (Lipinski definition) is 9. The molecule has 0 saturated carbocycles. The number of esters is 1. The van der Waals surface area contributed by atoms with Crippen molar-refractivity contribution in [2.24, 2.45) is 0 Å². The molecule has 2 heterocycles. The molecule has 0 bridgehead atoms. The number of aromatic amines is 1. The number of benzene rings is 2. The van der Waals surface area contributed by atoms with E-state index in [0.29, 0.717) is 16.2 Å². The number of aliphatic hydroxyl groups excluding tert-OH is 1. The number of hydrogen-bond donors (Lipinski definition) is 3. The van der Waals surface area contributed by atoms with Crippen molar-refractivity contribution < 1.29 is 41.8 Å². The minimum atomic E-state index is -4.48. The van der Waals surface area contributed by atoms with E-state index in [1.54, 1.807) is 55.2 Å². The Morgan fingerprint density at radius 3 is 2.61 bits per heavy atom. The molecule has 15 heteroatoms. The van der Waals surface area contributed by atoms with E-state index in [4.69, 9.17) is 18.5 Å². The van der Waals surface area contributed by atoms with E-state index in [1.807, 2.05) is 0 Å². The average molecular weight is 598 g/mol. The molecule has 1 aliphatic heterocycles. The lowest BCUT2D eigenvalue weighted by atomic mass is 9.98. The standard InChI is InChI=1S/C26H30F2N3O9P/c1-14(2)38-23(34)15(3)30-41(36,40-19-11-7-9-16-8-5-6-10-17(16)19)37-13-20-21(32)26(4,28)24(39-20)31-12-18(27)22(33)29-25(31)35/h5-12,14-15,20-21,24,32H,13H2,1-4H3,(H,30,36)(H,29,33,35)/t15-,20-,21-,24-,26-,41-/m1/s1. The van der Waals surface area contributed by atoms with Crippen molar-refractivity contribution in [3.05, 3.63) is 75.3 Å². The van der Waals surface area contributed by atoms with Crippen LogP contribution in [0.1, 0.15) is 33.9 Å². The van der Waals surface area contributed by atoms with Crippen molar-refractivity contribution in [1.29, 1.82) is 0 Å². The molecule has 0 amide bonds. The van der Waals surface area contributed by atoms with Crippen LogP contribution in [-0.4, -0.2) is 57.3 Å². The molecule has 0 unspecified atom stereocenters. The Morgan fingerprint density at radius 2 is 1.90 bits per heavy atom. The van der Waals surface area contributed by atoms with Gasteiger partial charge in [-0.1, -0.05) is 36.4 Å². The molecule has 1 saturated heterocycles. The summed E-state index contributed by atoms with van der Waals surface area (Å²) in [5.41, 5.74) is -5.17. The molecule has 12 nitrogen and oxygen atoms in total. The van der Waals surface area contributed by atoms with E-state index < -0.39 is 73.6 Å². The maximum absolute atomic E-state index is 15.6. The minimum absolute atomic E-state index is 0.139. The molecular formula is C26H30F2N3O9P. The molecule has 41 heavy (non-hydrogen) atoms. The number of carbonyl (C=O) groups is 1. The molecule has 222 valence electrons. The quantitative estimate of drug-likeness (QED) is 0.234. The maximum atomic E-state index is 15.6. The minimum Gasteiger partial charge on any atom is -0.462 e. The normalized spacial score (nSPS) is 24.7. The number of carbonyl (C=O) groups excluding carboxylic acids is 1. The summed E-state index contributed by atoms with van der Waals surface area (Å²) in [5, 5.41) is 14.5. The number of nitrogens with zero attached hydrogens (tertiary/aromatic N) is 1. The average Bonchev–Trinajstić information content (AvgIpc) is 3.13. The molecule has 2 aromatic carbocycles. The predicted octanol–water partition coefficient (Wildman–Crippen LogP) is 2.95. The van der Waals surface area contributed by atoms with E-state index in [0.717, 1.165) is 12.3 Å². The fraction of sp³-hybridized carbons (Fsp3) is 0.423. The number of rotatable bonds is 10.